The Morgan fingerprint density at radius 3 is 2.14 bits per heavy atom. The average Bonchev–Trinajstić information content (AvgIpc) is 3.17. The van der Waals surface area contributed by atoms with Crippen LogP contribution in [0.1, 0.15) is 51.9 Å². The number of hydrogen-bond acceptors (Lipinski definition) is 3. The zero-order chi connectivity index (χ0) is 27.6. The van der Waals surface area contributed by atoms with E-state index >= 15 is 0 Å². The van der Waals surface area contributed by atoms with E-state index in [1.807, 2.05) is 0 Å². The van der Waals surface area contributed by atoms with E-state index in [4.69, 9.17) is 28.0 Å². The summed E-state index contributed by atoms with van der Waals surface area (Å²) in [6, 6.07) is 4.27. The van der Waals surface area contributed by atoms with Gasteiger partial charge in [-0.15, -0.1) is 0 Å². The first-order valence-electron chi connectivity index (χ1n) is 10.6. The highest BCUT2D eigenvalue weighted by Crippen LogP contribution is 2.51. The van der Waals surface area contributed by atoms with E-state index in [0.29, 0.717) is 17.7 Å². The van der Waals surface area contributed by atoms with Crippen molar-refractivity contribution < 1.29 is 44.8 Å². The molecule has 0 saturated heterocycles. The van der Waals surface area contributed by atoms with Gasteiger partial charge in [-0.3, -0.25) is 4.79 Å². The zero-order valence-corrected chi connectivity index (χ0v) is 20.1. The molecule has 2 aromatic rings. The molecule has 1 heterocycles. The van der Waals surface area contributed by atoms with Crippen molar-refractivity contribution in [3.8, 4) is 0 Å². The number of oxime groups is 1. The van der Waals surface area contributed by atoms with Gasteiger partial charge in [0.1, 0.15) is 0 Å². The lowest BCUT2D eigenvalue weighted by atomic mass is 9.85. The first-order chi connectivity index (χ1) is 16.9. The van der Waals surface area contributed by atoms with Crippen molar-refractivity contribution >= 4 is 34.8 Å². The Kier molecular flexibility index (Phi) is 6.68. The number of benzene rings is 2. The van der Waals surface area contributed by atoms with Gasteiger partial charge in [0.25, 0.3) is 17.4 Å². The Bertz CT molecular complexity index is 1260. The summed E-state index contributed by atoms with van der Waals surface area (Å²) in [4.78, 5) is 17.2. The summed E-state index contributed by atoms with van der Waals surface area (Å²) in [5.74, 6) is -3.45. The molecular weight excluding hydrogens is 559 g/mol. The maximum atomic E-state index is 14.2. The van der Waals surface area contributed by atoms with Crippen LogP contribution in [0.5, 0.6) is 0 Å². The molecular formula is C23H16Cl2F8N2O2. The predicted molar refractivity (Wildman–Crippen MR) is 118 cm³/mol. The number of rotatable bonds is 4. The van der Waals surface area contributed by atoms with Crippen LogP contribution < -0.4 is 5.32 Å². The SMILES string of the molecule is Cc1cc(C2=NO[C@](c3cc(Cl)c(C(F)(F)F)c(Cl)c3)(C(F)(F)F)C2)ccc1C(=O)NC1CC(F)(F)C1. The summed E-state index contributed by atoms with van der Waals surface area (Å²) in [7, 11) is 0. The molecule has 4 nitrogen and oxygen atoms in total. The van der Waals surface area contributed by atoms with Crippen molar-refractivity contribution in [2.45, 2.75) is 56.1 Å². The van der Waals surface area contributed by atoms with Crippen LogP contribution >= 0.6 is 23.2 Å². The minimum absolute atomic E-state index is 0.127. The lowest BCUT2D eigenvalue weighted by molar-refractivity contribution is -0.275. The van der Waals surface area contributed by atoms with Gasteiger partial charge in [0.2, 0.25) is 0 Å². The van der Waals surface area contributed by atoms with Crippen LogP contribution in [0.4, 0.5) is 35.1 Å². The van der Waals surface area contributed by atoms with E-state index in [0.717, 1.165) is 0 Å². The van der Waals surface area contributed by atoms with E-state index < -0.39 is 76.3 Å². The second-order valence-corrected chi connectivity index (χ2v) is 9.72. The van der Waals surface area contributed by atoms with Crippen molar-refractivity contribution in [3.63, 3.8) is 0 Å². The topological polar surface area (TPSA) is 50.7 Å². The van der Waals surface area contributed by atoms with Crippen molar-refractivity contribution in [1.82, 2.24) is 5.32 Å². The van der Waals surface area contributed by atoms with E-state index in [-0.39, 0.29) is 16.8 Å². The van der Waals surface area contributed by atoms with Crippen LogP contribution in [-0.2, 0) is 16.6 Å². The summed E-state index contributed by atoms with van der Waals surface area (Å²) < 4.78 is 108. The van der Waals surface area contributed by atoms with Crippen molar-refractivity contribution in [2.75, 3.05) is 0 Å². The zero-order valence-electron chi connectivity index (χ0n) is 18.6. The first kappa shape index (κ1) is 27.4. The highest BCUT2D eigenvalue weighted by Gasteiger charge is 2.62. The minimum atomic E-state index is -5.13. The van der Waals surface area contributed by atoms with Gasteiger partial charge in [-0.25, -0.2) is 8.78 Å². The Balaban J connectivity index is 1.60. The van der Waals surface area contributed by atoms with Gasteiger partial charge in [-0.1, -0.05) is 34.4 Å². The smallest absolute Gasteiger partial charge is 0.374 e. The van der Waals surface area contributed by atoms with Crippen LogP contribution in [0.25, 0.3) is 0 Å². The van der Waals surface area contributed by atoms with Crippen molar-refractivity contribution in [2.24, 2.45) is 5.16 Å². The Morgan fingerprint density at radius 2 is 1.65 bits per heavy atom. The maximum absolute atomic E-state index is 14.2. The molecule has 1 aliphatic heterocycles. The number of alkyl halides is 8. The Hall–Kier alpha value is -2.60. The molecule has 1 amide bonds. The number of nitrogens with one attached hydrogen (secondary N) is 1. The molecule has 2 aromatic carbocycles. The first-order valence-corrected chi connectivity index (χ1v) is 11.4. The fraction of sp³-hybridized carbons (Fsp3) is 0.391. The number of aryl methyl sites for hydroxylation is 1. The molecule has 0 spiro atoms. The van der Waals surface area contributed by atoms with Gasteiger partial charge in [0, 0.05) is 36.4 Å². The number of carbonyl (C=O) groups excluding carboxylic acids is 1. The molecule has 1 aliphatic carbocycles. The van der Waals surface area contributed by atoms with Crippen LogP contribution in [-0.4, -0.2) is 29.8 Å². The number of halogens is 10. The fourth-order valence-corrected chi connectivity index (χ4v) is 4.96. The monoisotopic (exact) mass is 574 g/mol. The molecule has 14 heteroatoms. The summed E-state index contributed by atoms with van der Waals surface area (Å²) in [5.41, 5.74) is -5.01. The molecule has 1 saturated carbocycles. The van der Waals surface area contributed by atoms with E-state index in [2.05, 4.69) is 10.5 Å². The second kappa shape index (κ2) is 9.00. The van der Waals surface area contributed by atoms with Gasteiger partial charge in [0.15, 0.2) is 0 Å². The number of carbonyl (C=O) groups is 1. The van der Waals surface area contributed by atoms with Crippen LogP contribution in [0, 0.1) is 6.92 Å². The third-order valence-electron chi connectivity index (χ3n) is 6.21. The van der Waals surface area contributed by atoms with Gasteiger partial charge < -0.3 is 10.2 Å². The molecule has 1 atom stereocenters. The minimum Gasteiger partial charge on any atom is -0.374 e. The van der Waals surface area contributed by atoms with Crippen LogP contribution in [0.2, 0.25) is 10.0 Å². The number of hydrogen-bond donors (Lipinski definition) is 1. The Labute approximate surface area is 214 Å². The van der Waals surface area contributed by atoms with Gasteiger partial charge in [0.05, 0.1) is 21.3 Å². The van der Waals surface area contributed by atoms with Crippen LogP contribution in [0.15, 0.2) is 35.5 Å². The number of amides is 1. The lowest BCUT2D eigenvalue weighted by Crippen LogP contribution is -2.50. The molecule has 1 fully saturated rings. The van der Waals surface area contributed by atoms with E-state index in [9.17, 15) is 39.9 Å². The molecule has 2 aliphatic rings. The maximum Gasteiger partial charge on any atom is 0.435 e. The third kappa shape index (κ3) is 5.09. The largest absolute Gasteiger partial charge is 0.435 e. The Morgan fingerprint density at radius 1 is 1.05 bits per heavy atom. The quantitative estimate of drug-likeness (QED) is 0.386. The molecule has 1 N–H and O–H groups in total. The van der Waals surface area contributed by atoms with E-state index in [1.165, 1.54) is 25.1 Å². The highest BCUT2D eigenvalue weighted by molar-refractivity contribution is 6.36. The third-order valence-corrected chi connectivity index (χ3v) is 6.80. The predicted octanol–water partition coefficient (Wildman–Crippen LogP) is 7.43. The van der Waals surface area contributed by atoms with Crippen molar-refractivity contribution in [3.05, 3.63) is 68.2 Å². The van der Waals surface area contributed by atoms with Gasteiger partial charge in [-0.2, -0.15) is 26.3 Å². The molecule has 4 rings (SSSR count). The van der Waals surface area contributed by atoms with E-state index in [1.54, 1.807) is 0 Å². The summed E-state index contributed by atoms with van der Waals surface area (Å²) in [6.45, 7) is 1.50. The second-order valence-electron chi connectivity index (χ2n) is 8.91. The van der Waals surface area contributed by atoms with Gasteiger partial charge in [-0.05, 0) is 42.3 Å². The highest BCUT2D eigenvalue weighted by atomic mass is 35.5. The van der Waals surface area contributed by atoms with Crippen LogP contribution in [0.3, 0.4) is 0 Å². The summed E-state index contributed by atoms with van der Waals surface area (Å²) in [5, 5.41) is 3.94. The molecule has 0 aromatic heterocycles. The fourth-order valence-electron chi connectivity index (χ4n) is 4.26. The average molecular weight is 575 g/mol. The van der Waals surface area contributed by atoms with Crippen molar-refractivity contribution in [1.29, 1.82) is 0 Å². The molecule has 0 radical (unpaired) electrons. The summed E-state index contributed by atoms with van der Waals surface area (Å²) in [6.07, 6.45) is -12.0. The number of nitrogens with zero attached hydrogens (tertiary/aromatic N) is 1. The summed E-state index contributed by atoms with van der Waals surface area (Å²) >= 11 is 11.3. The normalized spacial score (nSPS) is 21.8. The molecule has 0 bridgehead atoms. The molecule has 200 valence electrons. The lowest BCUT2D eigenvalue weighted by Gasteiger charge is -2.35. The van der Waals surface area contributed by atoms with Gasteiger partial charge >= 0.3 is 12.4 Å². The molecule has 0 unspecified atom stereocenters. The molecule has 37 heavy (non-hydrogen) atoms. The standard InChI is InChI=1S/C23H16Cl2F8N2O2/c1-10-4-11(2-3-14(10)19(36)34-13-7-20(26,27)8-13)17-9-21(37-35-17,23(31,32)33)12-5-15(24)18(16(25)6-12)22(28,29)30/h2-6,13H,7-9H2,1H3,(H,34,36)/t21-/m1/s1.